The summed E-state index contributed by atoms with van der Waals surface area (Å²) in [5.74, 6) is 1.23. The highest BCUT2D eigenvalue weighted by atomic mass is 32.2. The van der Waals surface area contributed by atoms with Crippen LogP contribution in [0.3, 0.4) is 0 Å². The van der Waals surface area contributed by atoms with Crippen LogP contribution in [-0.2, 0) is 15.9 Å². The number of hydrogen-bond acceptors (Lipinski definition) is 6. The summed E-state index contributed by atoms with van der Waals surface area (Å²) in [6, 6.07) is 4.15. The van der Waals surface area contributed by atoms with Crippen molar-refractivity contribution in [1.82, 2.24) is 10.2 Å². The molecule has 0 saturated carbocycles. The molecule has 0 bridgehead atoms. The molecule has 0 spiro atoms. The zero-order valence-electron chi connectivity index (χ0n) is 17.4. The maximum Gasteiger partial charge on any atom is 0.223 e. The van der Waals surface area contributed by atoms with Gasteiger partial charge in [0.2, 0.25) is 5.96 Å². The molecule has 1 aromatic rings. The van der Waals surface area contributed by atoms with Gasteiger partial charge in [-0.2, -0.15) is 4.99 Å². The van der Waals surface area contributed by atoms with Crippen molar-refractivity contribution < 1.29 is 18.1 Å². The van der Waals surface area contributed by atoms with Gasteiger partial charge in [0.1, 0.15) is 23.4 Å². The molecule has 6 nitrogen and oxygen atoms in total. The molecule has 4 aliphatic rings. The summed E-state index contributed by atoms with van der Waals surface area (Å²) in [7, 11) is 0. The molecule has 4 heterocycles. The first-order valence-corrected chi connectivity index (χ1v) is 12.5. The number of likely N-dealkylation sites (tertiary alicyclic amines) is 1. The largest absolute Gasteiger partial charge is 0.616 e. The lowest BCUT2D eigenvalue weighted by Gasteiger charge is -2.36. The first-order chi connectivity index (χ1) is 15.1. The Hall–Kier alpha value is -1.71. The Morgan fingerprint density at radius 2 is 1.87 bits per heavy atom. The van der Waals surface area contributed by atoms with Crippen LogP contribution in [0, 0.1) is 11.6 Å². The number of piperidine rings is 1. The summed E-state index contributed by atoms with van der Waals surface area (Å²) in [6.45, 7) is 2.90. The number of benzene rings is 1. The Kier molecular flexibility index (Phi) is 6.16. The summed E-state index contributed by atoms with van der Waals surface area (Å²) in [5.41, 5.74) is 0.586. The fraction of sp³-hybridized carbons (Fsp3) is 0.636. The molecule has 0 aromatic heterocycles. The van der Waals surface area contributed by atoms with E-state index in [0.29, 0.717) is 17.3 Å². The Bertz CT molecular complexity index is 869. The fourth-order valence-electron chi connectivity index (χ4n) is 5.02. The minimum atomic E-state index is -0.951. The summed E-state index contributed by atoms with van der Waals surface area (Å²) in [6.07, 6.45) is 4.18. The summed E-state index contributed by atoms with van der Waals surface area (Å²) in [5, 5.41) is 3.42. The summed E-state index contributed by atoms with van der Waals surface area (Å²) < 4.78 is 45.5. The molecule has 3 saturated heterocycles. The van der Waals surface area contributed by atoms with Gasteiger partial charge in [-0.15, -0.1) is 0 Å². The Morgan fingerprint density at radius 1 is 1.10 bits per heavy atom. The maximum absolute atomic E-state index is 14.2. The normalized spacial score (nSPS) is 30.0. The Balaban J connectivity index is 1.29. The second kappa shape index (κ2) is 9.03. The smallest absolute Gasteiger partial charge is 0.223 e. The van der Waals surface area contributed by atoms with E-state index in [9.17, 15) is 13.3 Å². The van der Waals surface area contributed by atoms with Gasteiger partial charge in [-0.3, -0.25) is 0 Å². The molecule has 4 aliphatic heterocycles. The van der Waals surface area contributed by atoms with Gasteiger partial charge in [0.05, 0.1) is 0 Å². The van der Waals surface area contributed by atoms with E-state index in [1.807, 2.05) is 0 Å². The van der Waals surface area contributed by atoms with Gasteiger partial charge in [0, 0.05) is 44.8 Å². The molecule has 3 fully saturated rings. The molecule has 0 radical (unpaired) electrons. The number of hydrogen-bond donors (Lipinski definition) is 1. The first kappa shape index (κ1) is 21.2. The van der Waals surface area contributed by atoms with Gasteiger partial charge in [-0.25, -0.2) is 13.8 Å². The minimum absolute atomic E-state index is 0.00272. The van der Waals surface area contributed by atoms with E-state index < -0.39 is 22.8 Å². The van der Waals surface area contributed by atoms with Gasteiger partial charge in [0.25, 0.3) is 0 Å². The van der Waals surface area contributed by atoms with Crippen LogP contribution in [0.15, 0.2) is 28.2 Å². The predicted molar refractivity (Wildman–Crippen MR) is 117 cm³/mol. The number of guanidine groups is 1. The summed E-state index contributed by atoms with van der Waals surface area (Å²) in [4.78, 5) is 11.9. The number of nitrogens with one attached hydrogen (secondary N) is 1. The molecule has 0 amide bonds. The predicted octanol–water partition coefficient (Wildman–Crippen LogP) is 2.57. The molecule has 31 heavy (non-hydrogen) atoms. The third-order valence-electron chi connectivity index (χ3n) is 6.77. The lowest BCUT2D eigenvalue weighted by Crippen LogP contribution is -2.52. The average molecular weight is 451 g/mol. The summed E-state index contributed by atoms with van der Waals surface area (Å²) >= 11 is -0.951. The van der Waals surface area contributed by atoms with Crippen LogP contribution in [-0.4, -0.2) is 70.6 Å². The SMILES string of the molecule is [O-][S+]1CCC2N=C(N3CCC(c4ccc(F)cc4F)CC3)N=C(NC3CCOCC3)C21. The van der Waals surface area contributed by atoms with Crippen LogP contribution in [0.1, 0.15) is 43.6 Å². The molecular weight excluding hydrogens is 422 g/mol. The molecule has 5 rings (SSSR count). The third-order valence-corrected chi connectivity index (χ3v) is 8.51. The molecule has 1 N–H and O–H groups in total. The number of aliphatic imine (C=N–C) groups is 2. The molecule has 0 aliphatic carbocycles. The Labute approximate surface area is 184 Å². The van der Waals surface area contributed by atoms with E-state index in [-0.39, 0.29) is 23.3 Å². The number of halogens is 2. The standard InChI is InChI=1S/C22H28F2N4O2S/c23-15-1-2-17(18(24)13-15)14-3-8-28(9-4-14)22-26-19-7-12-31(29)20(19)21(27-22)25-16-5-10-30-11-6-16/h1-2,13-14,16,19-20H,3-12H2,(H,25,26,27). The molecule has 3 unspecified atom stereocenters. The van der Waals surface area contributed by atoms with Gasteiger partial charge >= 0.3 is 0 Å². The number of fused-ring (bicyclic) bond motifs is 1. The number of ether oxygens (including phenoxy) is 1. The molecule has 1 aromatic carbocycles. The lowest BCUT2D eigenvalue weighted by molar-refractivity contribution is 0.0823. The van der Waals surface area contributed by atoms with Crippen molar-refractivity contribution >= 4 is 23.0 Å². The van der Waals surface area contributed by atoms with Crippen molar-refractivity contribution in [3.05, 3.63) is 35.4 Å². The van der Waals surface area contributed by atoms with Crippen molar-refractivity contribution in [2.24, 2.45) is 9.98 Å². The molecule has 9 heteroatoms. The monoisotopic (exact) mass is 450 g/mol. The molecular formula is C22H28F2N4O2S. The van der Waals surface area contributed by atoms with Crippen molar-refractivity contribution in [1.29, 1.82) is 0 Å². The first-order valence-electron chi connectivity index (χ1n) is 11.2. The van der Waals surface area contributed by atoms with Crippen LogP contribution in [0.4, 0.5) is 8.78 Å². The van der Waals surface area contributed by atoms with Crippen molar-refractivity contribution in [2.45, 2.75) is 55.4 Å². The van der Waals surface area contributed by atoms with Gasteiger partial charge < -0.3 is 19.5 Å². The maximum atomic E-state index is 14.2. The number of amidine groups is 1. The van der Waals surface area contributed by atoms with Gasteiger partial charge in [-0.1, -0.05) is 6.07 Å². The zero-order chi connectivity index (χ0) is 21.4. The fourth-order valence-corrected chi connectivity index (χ4v) is 6.66. The van der Waals surface area contributed by atoms with E-state index >= 15 is 0 Å². The quantitative estimate of drug-likeness (QED) is 0.703. The number of rotatable bonds is 2. The highest BCUT2D eigenvalue weighted by Gasteiger charge is 2.46. The van der Waals surface area contributed by atoms with Crippen LogP contribution >= 0.6 is 0 Å². The average Bonchev–Trinajstić information content (AvgIpc) is 3.16. The van der Waals surface area contributed by atoms with Gasteiger partial charge in [0.15, 0.2) is 11.1 Å². The minimum Gasteiger partial charge on any atom is -0.616 e. The zero-order valence-corrected chi connectivity index (χ0v) is 18.3. The molecule has 3 atom stereocenters. The van der Waals surface area contributed by atoms with Crippen LogP contribution in [0.2, 0.25) is 0 Å². The van der Waals surface area contributed by atoms with Crippen LogP contribution in [0.5, 0.6) is 0 Å². The number of nitrogens with zero attached hydrogens (tertiary/aromatic N) is 3. The highest BCUT2D eigenvalue weighted by molar-refractivity contribution is 7.93. The lowest BCUT2D eigenvalue weighted by atomic mass is 9.89. The Morgan fingerprint density at radius 3 is 2.61 bits per heavy atom. The van der Waals surface area contributed by atoms with E-state index in [1.54, 1.807) is 6.07 Å². The van der Waals surface area contributed by atoms with Crippen molar-refractivity contribution in [3.63, 3.8) is 0 Å². The topological polar surface area (TPSA) is 72.3 Å². The van der Waals surface area contributed by atoms with E-state index in [2.05, 4.69) is 10.2 Å². The van der Waals surface area contributed by atoms with Crippen LogP contribution in [0.25, 0.3) is 0 Å². The second-order valence-electron chi connectivity index (χ2n) is 8.75. The van der Waals surface area contributed by atoms with E-state index in [1.165, 1.54) is 6.07 Å². The third kappa shape index (κ3) is 4.45. The van der Waals surface area contributed by atoms with E-state index in [4.69, 9.17) is 14.7 Å². The molecule has 168 valence electrons. The second-order valence-corrected chi connectivity index (χ2v) is 10.4. The van der Waals surface area contributed by atoms with Gasteiger partial charge in [-0.05, 0) is 54.4 Å². The van der Waals surface area contributed by atoms with E-state index in [0.717, 1.165) is 70.3 Å². The van der Waals surface area contributed by atoms with Crippen LogP contribution < -0.4 is 5.32 Å². The van der Waals surface area contributed by atoms with Crippen molar-refractivity contribution in [2.75, 3.05) is 32.1 Å². The van der Waals surface area contributed by atoms with Crippen molar-refractivity contribution in [3.8, 4) is 0 Å². The highest BCUT2D eigenvalue weighted by Crippen LogP contribution is 2.32.